The van der Waals surface area contributed by atoms with Crippen molar-refractivity contribution in [2.24, 2.45) is 0 Å². The van der Waals surface area contributed by atoms with Crippen molar-refractivity contribution in [2.75, 3.05) is 52.9 Å². The maximum atomic E-state index is 14.6. The van der Waals surface area contributed by atoms with E-state index in [1.165, 1.54) is 0 Å². The molecule has 0 amide bonds. The molecule has 81 heavy (non-hydrogen) atoms. The zero-order chi connectivity index (χ0) is 58.5. The molecular formula is C68H92O13. The van der Waals surface area contributed by atoms with Crippen molar-refractivity contribution in [2.45, 2.75) is 189 Å². The zero-order valence-corrected chi connectivity index (χ0v) is 49.4. The van der Waals surface area contributed by atoms with E-state index in [0.29, 0.717) is 167 Å². The van der Waals surface area contributed by atoms with Crippen LogP contribution < -0.4 is 18.9 Å². The van der Waals surface area contributed by atoms with Crippen LogP contribution in [0.5, 0.6) is 23.0 Å². The lowest BCUT2D eigenvalue weighted by Gasteiger charge is -2.25. The predicted molar refractivity (Wildman–Crippen MR) is 318 cm³/mol. The Kier molecular flexibility index (Phi) is 28.9. The number of hydrogen-bond acceptors (Lipinski definition) is 13. The molecule has 4 aromatic carbocycles. The summed E-state index contributed by atoms with van der Waals surface area (Å²) < 4.78 is 32.7. The highest BCUT2D eigenvalue weighted by Gasteiger charge is 2.28. The first-order valence-corrected chi connectivity index (χ1v) is 30.2. The molecular weight excluding hydrogens is 1020 g/mol. The van der Waals surface area contributed by atoms with E-state index in [-0.39, 0.29) is 107 Å². The van der Waals surface area contributed by atoms with Gasteiger partial charge in [0.15, 0.2) is 23.1 Å². The first-order chi connectivity index (χ1) is 39.3. The maximum absolute atomic E-state index is 14.6. The average Bonchev–Trinajstić information content (AvgIpc) is 3.45. The molecule has 8 bridgehead atoms. The summed E-state index contributed by atoms with van der Waals surface area (Å²) in [4.78, 5) is 70.6. The van der Waals surface area contributed by atoms with E-state index in [2.05, 4.69) is 34.3 Å². The van der Waals surface area contributed by atoms with Crippen LogP contribution in [0.4, 0.5) is 0 Å². The summed E-state index contributed by atoms with van der Waals surface area (Å²) >= 11 is 0. The molecule has 3 N–H and O–H groups in total. The van der Waals surface area contributed by atoms with Crippen LogP contribution in [-0.2, 0) is 35.2 Å². The number of Topliss-reactive ketones (excluding diaryl/α,β-unsaturated/α-hetero) is 4. The molecule has 13 heteroatoms. The van der Waals surface area contributed by atoms with Crippen LogP contribution in [0.25, 0.3) is 0 Å². The average molecular weight is 1120 g/mol. The molecule has 0 radical (unpaired) electrons. The molecule has 0 fully saturated rings. The van der Waals surface area contributed by atoms with Crippen molar-refractivity contribution in [3.05, 3.63) is 127 Å². The number of carbonyl (C=O) groups excluding carboxylic acids is 5. The molecule has 0 aliphatic heterocycles. The zero-order valence-electron chi connectivity index (χ0n) is 49.4. The van der Waals surface area contributed by atoms with Gasteiger partial charge in [0.05, 0.1) is 33.0 Å². The van der Waals surface area contributed by atoms with E-state index in [1.54, 1.807) is 6.92 Å². The molecule has 0 spiro atoms. The highest BCUT2D eigenvalue weighted by atomic mass is 16.5. The van der Waals surface area contributed by atoms with Gasteiger partial charge < -0.3 is 39.0 Å². The summed E-state index contributed by atoms with van der Waals surface area (Å²) in [6.07, 6.45) is 13.1. The van der Waals surface area contributed by atoms with Crippen LogP contribution in [-0.4, -0.2) is 97.3 Å². The number of rotatable bonds is 38. The molecule has 1 aliphatic carbocycles. The fraction of sp³-hybridized carbons (Fsp3) is 0.544. The van der Waals surface area contributed by atoms with Crippen LogP contribution >= 0.6 is 0 Å². The van der Waals surface area contributed by atoms with E-state index in [1.807, 2.05) is 48.5 Å². The Bertz CT molecular complexity index is 2580. The number of ether oxygens (including phenoxy) is 5. The number of aliphatic hydroxyl groups is 3. The highest BCUT2D eigenvalue weighted by Crippen LogP contribution is 2.42. The summed E-state index contributed by atoms with van der Waals surface area (Å²) in [6, 6.07) is 15.0. The Labute approximate surface area is 482 Å². The van der Waals surface area contributed by atoms with Crippen molar-refractivity contribution in [1.29, 1.82) is 0 Å². The van der Waals surface area contributed by atoms with Gasteiger partial charge in [-0.05, 0) is 126 Å². The second-order valence-corrected chi connectivity index (χ2v) is 21.6. The van der Waals surface area contributed by atoms with Gasteiger partial charge in [0.25, 0.3) is 0 Å². The minimum atomic E-state index is -0.511. The molecule has 4 aromatic rings. The summed E-state index contributed by atoms with van der Waals surface area (Å²) in [6.45, 7) is 13.9. The van der Waals surface area contributed by atoms with Crippen molar-refractivity contribution >= 4 is 29.1 Å². The van der Waals surface area contributed by atoms with Gasteiger partial charge in [-0.15, -0.1) is 0 Å². The Morgan fingerprint density at radius 2 is 0.605 bits per heavy atom. The van der Waals surface area contributed by atoms with E-state index in [9.17, 15) is 39.3 Å². The molecule has 442 valence electrons. The van der Waals surface area contributed by atoms with Gasteiger partial charge in [-0.3, -0.25) is 19.2 Å². The van der Waals surface area contributed by atoms with Gasteiger partial charge in [-0.1, -0.05) is 85.6 Å². The van der Waals surface area contributed by atoms with Crippen LogP contribution in [0.3, 0.4) is 0 Å². The third kappa shape index (κ3) is 20.4. The SMILES string of the molecule is C=C(C)C(=O)OCCCOc1c2cc(C(=O)CCCCC)cc1Cc1cc(C(=O)CCCCC)cc(c1OCCCO)Cc1cc(C(=O)CCCCC)cc(c1OCCCO)Cc1cc(C(=O)CCCCC)cc(c1OCCCO)C2. The first kappa shape index (κ1) is 65.7. The lowest BCUT2D eigenvalue weighted by atomic mass is 9.86. The number of fused-ring (bicyclic) bond motifs is 8. The van der Waals surface area contributed by atoms with Gasteiger partial charge >= 0.3 is 5.97 Å². The van der Waals surface area contributed by atoms with Crippen molar-refractivity contribution in [1.82, 2.24) is 0 Å². The van der Waals surface area contributed by atoms with Gasteiger partial charge in [0, 0.05) is 125 Å². The van der Waals surface area contributed by atoms with E-state index >= 15 is 0 Å². The Hall–Kier alpha value is -6.15. The van der Waals surface area contributed by atoms with Crippen LogP contribution in [0.2, 0.25) is 0 Å². The Balaban J connectivity index is 1.98. The minimum absolute atomic E-state index is 0.0396. The third-order valence-electron chi connectivity index (χ3n) is 14.6. The van der Waals surface area contributed by atoms with E-state index < -0.39 is 5.97 Å². The van der Waals surface area contributed by atoms with Gasteiger partial charge in [-0.2, -0.15) is 0 Å². The largest absolute Gasteiger partial charge is 0.493 e. The topological polar surface area (TPSA) is 192 Å². The quantitative estimate of drug-likeness (QED) is 0.0146. The van der Waals surface area contributed by atoms with Crippen molar-refractivity contribution < 1.29 is 63.0 Å². The predicted octanol–water partition coefficient (Wildman–Crippen LogP) is 13.6. The molecule has 0 atom stereocenters. The number of aliphatic hydroxyl groups excluding tert-OH is 3. The lowest BCUT2D eigenvalue weighted by molar-refractivity contribution is -0.139. The van der Waals surface area contributed by atoms with Crippen LogP contribution in [0, 0.1) is 0 Å². The Morgan fingerprint density at radius 1 is 0.370 bits per heavy atom. The highest BCUT2D eigenvalue weighted by molar-refractivity contribution is 5.99. The fourth-order valence-corrected chi connectivity index (χ4v) is 10.2. The number of hydrogen-bond donors (Lipinski definition) is 3. The number of benzene rings is 4. The number of ketones is 4. The number of carbonyl (C=O) groups is 5. The molecule has 13 nitrogen and oxygen atoms in total. The van der Waals surface area contributed by atoms with Crippen molar-refractivity contribution in [3.63, 3.8) is 0 Å². The summed E-state index contributed by atoms with van der Waals surface area (Å²) in [5, 5.41) is 30.3. The molecule has 0 saturated carbocycles. The normalized spacial score (nSPS) is 12.0. The molecule has 1 aliphatic rings. The molecule has 0 heterocycles. The summed E-state index contributed by atoms with van der Waals surface area (Å²) in [5.41, 5.74) is 7.34. The van der Waals surface area contributed by atoms with Gasteiger partial charge in [0.2, 0.25) is 0 Å². The second-order valence-electron chi connectivity index (χ2n) is 21.6. The summed E-state index contributed by atoms with van der Waals surface area (Å²) in [5.74, 6) is 1.24. The van der Waals surface area contributed by atoms with E-state index in [0.717, 1.165) is 51.4 Å². The summed E-state index contributed by atoms with van der Waals surface area (Å²) in [7, 11) is 0. The van der Waals surface area contributed by atoms with Crippen molar-refractivity contribution in [3.8, 4) is 23.0 Å². The van der Waals surface area contributed by atoms with E-state index in [4.69, 9.17) is 23.7 Å². The standard InChI is InChI=1S/C68H92O13/c1-7-11-15-23-60(72)48-35-52-43-54-37-49(61(73)24-16-12-8-2)39-56(65(54)78-31-20-28-70)45-58-41-51(63(75)26-18-14-10-4)42-59(67(58)80-33-22-34-81-68(76)47(5)6)46-57-40-50(62(74)25-17-13-9-3)38-55(66(57)79-32-21-29-71)44-53(36-48)64(52)77-30-19-27-69/h35-42,69-71H,5,7-34,43-46H2,1-4,6H3. The molecule has 0 saturated heterocycles. The lowest BCUT2D eigenvalue weighted by Crippen LogP contribution is -2.15. The monoisotopic (exact) mass is 1120 g/mol. The maximum Gasteiger partial charge on any atom is 0.333 e. The molecule has 5 rings (SSSR count). The van der Waals surface area contributed by atoms with Gasteiger partial charge in [0.1, 0.15) is 23.0 Å². The van der Waals surface area contributed by atoms with Crippen LogP contribution in [0.1, 0.15) is 249 Å². The second kappa shape index (κ2) is 35.7. The third-order valence-corrected chi connectivity index (χ3v) is 14.6. The number of esters is 1. The first-order valence-electron chi connectivity index (χ1n) is 30.2. The molecule has 0 unspecified atom stereocenters. The molecule has 0 aromatic heterocycles. The number of unbranched alkanes of at least 4 members (excludes halogenated alkanes) is 8. The smallest absolute Gasteiger partial charge is 0.333 e. The minimum Gasteiger partial charge on any atom is -0.493 e. The van der Waals surface area contributed by atoms with Gasteiger partial charge in [-0.25, -0.2) is 4.79 Å². The fourth-order valence-electron chi connectivity index (χ4n) is 10.2. The van der Waals surface area contributed by atoms with Crippen LogP contribution in [0.15, 0.2) is 60.7 Å². The Morgan fingerprint density at radius 3 is 0.815 bits per heavy atom.